The van der Waals surface area contributed by atoms with Gasteiger partial charge in [-0.3, -0.25) is 0 Å². The largest absolute Gasteiger partial charge is 0.338 e. The third kappa shape index (κ3) is 2.24. The van der Waals surface area contributed by atoms with Crippen LogP contribution in [0.15, 0.2) is 22.7 Å². The number of hydrogen-bond donors (Lipinski definition) is 1. The smallest absolute Gasteiger partial charge is 0.234 e. The van der Waals surface area contributed by atoms with E-state index in [-0.39, 0.29) is 5.41 Å². The van der Waals surface area contributed by atoms with Crippen LogP contribution >= 0.6 is 23.2 Å². The highest BCUT2D eigenvalue weighted by molar-refractivity contribution is 6.35. The van der Waals surface area contributed by atoms with Gasteiger partial charge in [0.1, 0.15) is 0 Å². The highest BCUT2D eigenvalue weighted by Gasteiger charge is 2.42. The molecule has 1 saturated carbocycles. The lowest BCUT2D eigenvalue weighted by Crippen LogP contribution is -2.41. The van der Waals surface area contributed by atoms with Gasteiger partial charge < -0.3 is 10.3 Å². The summed E-state index contributed by atoms with van der Waals surface area (Å²) in [6, 6.07) is 5.19. The summed E-state index contributed by atoms with van der Waals surface area (Å²) in [6.45, 7) is 0.533. The molecule has 0 amide bonds. The van der Waals surface area contributed by atoms with Gasteiger partial charge in [-0.1, -0.05) is 34.8 Å². The Morgan fingerprint density at radius 2 is 1.89 bits per heavy atom. The van der Waals surface area contributed by atoms with E-state index in [0.29, 0.717) is 28.3 Å². The third-order valence-electron chi connectivity index (χ3n) is 3.70. The SMILES string of the molecule is NCC1(c2nc(-c3cc(Cl)cc(Cl)c3)no2)CCC1. The van der Waals surface area contributed by atoms with E-state index in [9.17, 15) is 0 Å². The van der Waals surface area contributed by atoms with E-state index in [1.165, 1.54) is 0 Å². The van der Waals surface area contributed by atoms with Crippen molar-refractivity contribution in [2.45, 2.75) is 24.7 Å². The average Bonchev–Trinajstić information content (AvgIpc) is 2.77. The minimum absolute atomic E-state index is 0.131. The van der Waals surface area contributed by atoms with Crippen LogP contribution in [0.4, 0.5) is 0 Å². The monoisotopic (exact) mass is 297 g/mol. The number of aromatic nitrogens is 2. The third-order valence-corrected chi connectivity index (χ3v) is 4.14. The van der Waals surface area contributed by atoms with Crippen molar-refractivity contribution in [3.63, 3.8) is 0 Å². The Kier molecular flexibility index (Phi) is 3.25. The molecule has 1 heterocycles. The second-order valence-corrected chi connectivity index (χ2v) is 5.79. The fourth-order valence-electron chi connectivity index (χ4n) is 2.35. The van der Waals surface area contributed by atoms with Crippen molar-refractivity contribution >= 4 is 23.2 Å². The van der Waals surface area contributed by atoms with Crippen molar-refractivity contribution in [2.24, 2.45) is 5.73 Å². The number of benzene rings is 1. The van der Waals surface area contributed by atoms with Crippen LogP contribution in [-0.4, -0.2) is 16.7 Å². The number of hydrogen-bond acceptors (Lipinski definition) is 4. The first-order valence-electron chi connectivity index (χ1n) is 6.14. The molecule has 2 aromatic rings. The molecule has 0 spiro atoms. The van der Waals surface area contributed by atoms with Gasteiger partial charge in [-0.15, -0.1) is 0 Å². The predicted molar refractivity (Wildman–Crippen MR) is 74.3 cm³/mol. The molecule has 1 aromatic carbocycles. The van der Waals surface area contributed by atoms with E-state index in [1.54, 1.807) is 18.2 Å². The van der Waals surface area contributed by atoms with Gasteiger partial charge in [-0.05, 0) is 31.0 Å². The first kappa shape index (κ1) is 12.9. The molecule has 1 aliphatic rings. The molecule has 0 radical (unpaired) electrons. The molecular weight excluding hydrogens is 285 g/mol. The van der Waals surface area contributed by atoms with Crippen molar-refractivity contribution in [1.29, 1.82) is 0 Å². The van der Waals surface area contributed by atoms with E-state index >= 15 is 0 Å². The summed E-state index contributed by atoms with van der Waals surface area (Å²) in [7, 11) is 0. The summed E-state index contributed by atoms with van der Waals surface area (Å²) in [5.41, 5.74) is 6.44. The topological polar surface area (TPSA) is 64.9 Å². The number of nitrogens with zero attached hydrogens (tertiary/aromatic N) is 2. The van der Waals surface area contributed by atoms with Crippen molar-refractivity contribution in [3.8, 4) is 11.4 Å². The highest BCUT2D eigenvalue weighted by Crippen LogP contribution is 2.42. The Morgan fingerprint density at radius 3 is 2.42 bits per heavy atom. The van der Waals surface area contributed by atoms with Gasteiger partial charge in [0.2, 0.25) is 11.7 Å². The average molecular weight is 298 g/mol. The second kappa shape index (κ2) is 4.78. The van der Waals surface area contributed by atoms with E-state index in [4.69, 9.17) is 33.5 Å². The van der Waals surface area contributed by atoms with Crippen LogP contribution in [0.25, 0.3) is 11.4 Å². The van der Waals surface area contributed by atoms with Gasteiger partial charge in [0.25, 0.3) is 0 Å². The van der Waals surface area contributed by atoms with Crippen molar-refractivity contribution in [2.75, 3.05) is 6.54 Å². The van der Waals surface area contributed by atoms with E-state index in [2.05, 4.69) is 10.1 Å². The van der Waals surface area contributed by atoms with Crippen LogP contribution in [-0.2, 0) is 5.41 Å². The van der Waals surface area contributed by atoms with Gasteiger partial charge >= 0.3 is 0 Å². The first-order chi connectivity index (χ1) is 9.13. The Hall–Kier alpha value is -1.10. The zero-order valence-electron chi connectivity index (χ0n) is 10.2. The molecule has 1 aromatic heterocycles. The summed E-state index contributed by atoms with van der Waals surface area (Å²) in [5.74, 6) is 1.12. The molecule has 0 unspecified atom stereocenters. The summed E-state index contributed by atoms with van der Waals surface area (Å²) >= 11 is 11.9. The van der Waals surface area contributed by atoms with Crippen LogP contribution < -0.4 is 5.73 Å². The molecule has 1 aliphatic carbocycles. The van der Waals surface area contributed by atoms with Crippen LogP contribution in [0.3, 0.4) is 0 Å². The first-order valence-corrected chi connectivity index (χ1v) is 6.89. The van der Waals surface area contributed by atoms with E-state index in [0.717, 1.165) is 24.8 Å². The molecular formula is C13H13Cl2N3O. The maximum atomic E-state index is 5.97. The predicted octanol–water partition coefficient (Wildman–Crippen LogP) is 3.42. The second-order valence-electron chi connectivity index (χ2n) is 4.92. The van der Waals surface area contributed by atoms with Gasteiger partial charge in [0.05, 0.1) is 5.41 Å². The maximum Gasteiger partial charge on any atom is 0.234 e. The highest BCUT2D eigenvalue weighted by atomic mass is 35.5. The van der Waals surface area contributed by atoms with Gasteiger partial charge in [0.15, 0.2) is 0 Å². The normalized spacial score (nSPS) is 17.2. The van der Waals surface area contributed by atoms with Crippen molar-refractivity contribution in [1.82, 2.24) is 10.1 Å². The standard InChI is InChI=1S/C13H13Cl2N3O/c14-9-4-8(5-10(15)6-9)11-17-12(19-18-11)13(7-16)2-1-3-13/h4-6H,1-3,7,16H2. The summed E-state index contributed by atoms with van der Waals surface area (Å²) in [5, 5.41) is 5.10. The lowest BCUT2D eigenvalue weighted by atomic mass is 9.69. The van der Waals surface area contributed by atoms with Gasteiger partial charge in [-0.2, -0.15) is 4.98 Å². The van der Waals surface area contributed by atoms with Crippen LogP contribution in [0.1, 0.15) is 25.2 Å². The maximum absolute atomic E-state index is 5.97. The molecule has 0 saturated heterocycles. The Bertz CT molecular complexity index is 582. The zero-order valence-corrected chi connectivity index (χ0v) is 11.7. The molecule has 4 nitrogen and oxygen atoms in total. The molecule has 100 valence electrons. The molecule has 1 fully saturated rings. The van der Waals surface area contributed by atoms with Crippen LogP contribution in [0.5, 0.6) is 0 Å². The molecule has 0 atom stereocenters. The van der Waals surface area contributed by atoms with Crippen LogP contribution in [0.2, 0.25) is 10.0 Å². The minimum Gasteiger partial charge on any atom is -0.338 e. The van der Waals surface area contributed by atoms with Crippen LogP contribution in [0, 0.1) is 0 Å². The van der Waals surface area contributed by atoms with E-state index < -0.39 is 0 Å². The Morgan fingerprint density at radius 1 is 1.21 bits per heavy atom. The summed E-state index contributed by atoms with van der Waals surface area (Å²) in [6.07, 6.45) is 3.15. The molecule has 2 N–H and O–H groups in total. The fourth-order valence-corrected chi connectivity index (χ4v) is 2.87. The summed E-state index contributed by atoms with van der Waals surface area (Å²) < 4.78 is 5.37. The minimum atomic E-state index is -0.131. The molecule has 0 aliphatic heterocycles. The molecule has 6 heteroatoms. The van der Waals surface area contributed by atoms with E-state index in [1.807, 2.05) is 0 Å². The molecule has 19 heavy (non-hydrogen) atoms. The van der Waals surface area contributed by atoms with Gasteiger partial charge in [-0.25, -0.2) is 0 Å². The molecule has 0 bridgehead atoms. The Labute approximate surface area is 120 Å². The van der Waals surface area contributed by atoms with Crippen molar-refractivity contribution < 1.29 is 4.52 Å². The lowest BCUT2D eigenvalue weighted by Gasteiger charge is -2.36. The Balaban J connectivity index is 1.97. The fraction of sp³-hybridized carbons (Fsp3) is 0.385. The number of halogens is 2. The van der Waals surface area contributed by atoms with Gasteiger partial charge in [0, 0.05) is 22.2 Å². The van der Waals surface area contributed by atoms with Crippen molar-refractivity contribution in [3.05, 3.63) is 34.1 Å². The molecule has 3 rings (SSSR count). The number of nitrogens with two attached hydrogens (primary N) is 1. The summed E-state index contributed by atoms with van der Waals surface area (Å²) in [4.78, 5) is 4.45. The quantitative estimate of drug-likeness (QED) is 0.943. The zero-order chi connectivity index (χ0) is 13.5. The number of rotatable bonds is 3. The lowest BCUT2D eigenvalue weighted by molar-refractivity contribution is 0.182.